The van der Waals surface area contributed by atoms with E-state index in [1.54, 1.807) is 24.3 Å². The summed E-state index contributed by atoms with van der Waals surface area (Å²) in [5.74, 6) is 0.210. The molecule has 0 fully saturated rings. The maximum Gasteiger partial charge on any atom is 0.221 e. The highest BCUT2D eigenvalue weighted by molar-refractivity contribution is 6.00. The molecule has 0 aliphatic rings. The highest BCUT2D eigenvalue weighted by atomic mass is 16.5. The maximum absolute atomic E-state index is 10.9. The summed E-state index contributed by atoms with van der Waals surface area (Å²) in [4.78, 5) is 15.2. The molecule has 5 heteroatoms. The van der Waals surface area contributed by atoms with E-state index in [9.17, 15) is 10.0 Å². The summed E-state index contributed by atoms with van der Waals surface area (Å²) >= 11 is 0. The van der Waals surface area contributed by atoms with Gasteiger partial charge in [-0.25, -0.2) is 4.99 Å². The molecule has 2 aromatic carbocycles. The number of amides is 1. The minimum atomic E-state index is -0.129. The van der Waals surface area contributed by atoms with Gasteiger partial charge in [0.25, 0.3) is 0 Å². The van der Waals surface area contributed by atoms with Crippen molar-refractivity contribution in [2.45, 2.75) is 6.92 Å². The molecule has 2 rings (SSSR count). The van der Waals surface area contributed by atoms with Gasteiger partial charge in [0.15, 0.2) is 5.84 Å². The van der Waals surface area contributed by atoms with Crippen molar-refractivity contribution in [2.75, 3.05) is 5.32 Å². The molecule has 0 radical (unpaired) electrons. The quantitative estimate of drug-likeness (QED) is 0.455. The molecule has 0 spiro atoms. The molecule has 0 aliphatic carbocycles. The largest absolute Gasteiger partial charge is 0.326 e. The predicted molar refractivity (Wildman–Crippen MR) is 78.3 cm³/mol. The van der Waals surface area contributed by atoms with Crippen LogP contribution in [0.3, 0.4) is 0 Å². The van der Waals surface area contributed by atoms with Crippen molar-refractivity contribution in [1.82, 2.24) is 5.48 Å². The summed E-state index contributed by atoms with van der Waals surface area (Å²) in [5.41, 5.74) is 4.23. The molecule has 0 aliphatic heterocycles. The van der Waals surface area contributed by atoms with Crippen molar-refractivity contribution in [1.29, 1.82) is 0 Å². The van der Waals surface area contributed by atoms with Crippen LogP contribution in [0.5, 0.6) is 0 Å². The number of amidine groups is 1. The first-order valence-electron chi connectivity index (χ1n) is 6.11. The van der Waals surface area contributed by atoms with E-state index in [0.29, 0.717) is 17.1 Å². The van der Waals surface area contributed by atoms with Gasteiger partial charge in [-0.3, -0.25) is 15.5 Å². The number of carbonyl (C=O) groups is 1. The van der Waals surface area contributed by atoms with Gasteiger partial charge in [0.05, 0.1) is 5.69 Å². The summed E-state index contributed by atoms with van der Waals surface area (Å²) in [6.45, 7) is 1.45. The van der Waals surface area contributed by atoms with Crippen LogP contribution in [0.15, 0.2) is 59.6 Å². The van der Waals surface area contributed by atoms with Crippen molar-refractivity contribution in [3.8, 4) is 0 Å². The third-order valence-electron chi connectivity index (χ3n) is 2.58. The van der Waals surface area contributed by atoms with E-state index in [1.165, 1.54) is 6.92 Å². The van der Waals surface area contributed by atoms with Crippen LogP contribution in [0.1, 0.15) is 12.5 Å². The Morgan fingerprint density at radius 1 is 1.05 bits per heavy atom. The van der Waals surface area contributed by atoms with Gasteiger partial charge in [-0.15, -0.1) is 0 Å². The lowest BCUT2D eigenvalue weighted by Gasteiger charge is -2.07. The highest BCUT2D eigenvalue weighted by Gasteiger charge is 2.03. The Bertz CT molecular complexity index is 607. The molecule has 1 amide bonds. The zero-order chi connectivity index (χ0) is 14.4. The fraction of sp³-hybridized carbons (Fsp3) is 0.0667. The molecule has 20 heavy (non-hydrogen) atoms. The number of hydroxylamine groups is 1. The van der Waals surface area contributed by atoms with Gasteiger partial charge in [-0.2, -0.15) is 0 Å². The van der Waals surface area contributed by atoms with Crippen LogP contribution in [0.2, 0.25) is 0 Å². The fourth-order valence-corrected chi connectivity index (χ4v) is 1.70. The van der Waals surface area contributed by atoms with Crippen molar-refractivity contribution in [3.63, 3.8) is 0 Å². The van der Waals surface area contributed by atoms with E-state index < -0.39 is 0 Å². The first-order valence-corrected chi connectivity index (χ1v) is 6.11. The smallest absolute Gasteiger partial charge is 0.221 e. The Morgan fingerprint density at radius 3 is 2.25 bits per heavy atom. The van der Waals surface area contributed by atoms with Crippen molar-refractivity contribution in [2.24, 2.45) is 4.99 Å². The van der Waals surface area contributed by atoms with Gasteiger partial charge in [-0.05, 0) is 36.4 Å². The van der Waals surface area contributed by atoms with Crippen molar-refractivity contribution < 1.29 is 10.0 Å². The van der Waals surface area contributed by atoms with Crippen LogP contribution in [0.4, 0.5) is 11.4 Å². The zero-order valence-electron chi connectivity index (χ0n) is 11.0. The predicted octanol–water partition coefficient (Wildman–Crippen LogP) is 2.70. The minimum Gasteiger partial charge on any atom is -0.326 e. The van der Waals surface area contributed by atoms with Crippen LogP contribution in [-0.4, -0.2) is 17.0 Å². The molecule has 0 bridgehead atoms. The zero-order valence-corrected chi connectivity index (χ0v) is 11.0. The third-order valence-corrected chi connectivity index (χ3v) is 2.58. The lowest BCUT2D eigenvalue weighted by atomic mass is 10.2. The second-order valence-corrected chi connectivity index (χ2v) is 4.17. The SMILES string of the molecule is CC(=O)Nc1ccc(C(=Nc2ccccc2)NO)cc1. The number of benzene rings is 2. The van der Waals surface area contributed by atoms with Crippen LogP contribution in [0.25, 0.3) is 0 Å². The van der Waals surface area contributed by atoms with Crippen LogP contribution in [0, 0.1) is 0 Å². The van der Waals surface area contributed by atoms with Gasteiger partial charge in [-0.1, -0.05) is 18.2 Å². The molecule has 0 saturated heterocycles. The van der Waals surface area contributed by atoms with E-state index in [2.05, 4.69) is 15.8 Å². The molecule has 102 valence electrons. The van der Waals surface area contributed by atoms with Gasteiger partial charge in [0, 0.05) is 18.2 Å². The van der Waals surface area contributed by atoms with Gasteiger partial charge in [0.2, 0.25) is 5.91 Å². The number of aliphatic imine (C=N–C) groups is 1. The molecule has 0 aromatic heterocycles. The summed E-state index contributed by atoms with van der Waals surface area (Å²) < 4.78 is 0. The molecular formula is C15H15N3O2. The average Bonchev–Trinajstić information content (AvgIpc) is 2.46. The summed E-state index contributed by atoms with van der Waals surface area (Å²) in [7, 11) is 0. The molecule has 3 N–H and O–H groups in total. The lowest BCUT2D eigenvalue weighted by Crippen LogP contribution is -2.20. The summed E-state index contributed by atoms with van der Waals surface area (Å²) in [6, 6.07) is 16.3. The van der Waals surface area contributed by atoms with Crippen molar-refractivity contribution >= 4 is 23.1 Å². The van der Waals surface area contributed by atoms with E-state index in [1.807, 2.05) is 30.3 Å². The number of carbonyl (C=O) groups excluding carboxylic acids is 1. The second kappa shape index (κ2) is 6.49. The van der Waals surface area contributed by atoms with E-state index >= 15 is 0 Å². The van der Waals surface area contributed by atoms with Crippen LogP contribution < -0.4 is 10.8 Å². The molecular weight excluding hydrogens is 254 g/mol. The number of anilines is 1. The molecule has 2 aromatic rings. The first-order chi connectivity index (χ1) is 9.69. The lowest BCUT2D eigenvalue weighted by molar-refractivity contribution is -0.114. The number of nitrogens with zero attached hydrogens (tertiary/aromatic N) is 1. The van der Waals surface area contributed by atoms with Crippen LogP contribution in [-0.2, 0) is 4.79 Å². The Balaban J connectivity index is 2.24. The maximum atomic E-state index is 10.9. The summed E-state index contributed by atoms with van der Waals surface area (Å²) in [6.07, 6.45) is 0. The number of hydrogen-bond acceptors (Lipinski definition) is 3. The normalized spacial score (nSPS) is 11.0. The first kappa shape index (κ1) is 13.8. The number of para-hydroxylation sites is 1. The molecule has 0 saturated carbocycles. The number of rotatable bonds is 3. The van der Waals surface area contributed by atoms with Crippen molar-refractivity contribution in [3.05, 3.63) is 60.2 Å². The molecule has 0 heterocycles. The van der Waals surface area contributed by atoms with Gasteiger partial charge in [0.1, 0.15) is 0 Å². The summed E-state index contributed by atoms with van der Waals surface area (Å²) in [5, 5.41) is 11.9. The Labute approximate surface area is 116 Å². The monoisotopic (exact) mass is 269 g/mol. The van der Waals surface area contributed by atoms with E-state index in [4.69, 9.17) is 0 Å². The highest BCUT2D eigenvalue weighted by Crippen LogP contribution is 2.14. The van der Waals surface area contributed by atoms with E-state index in [0.717, 1.165) is 5.69 Å². The molecule has 0 unspecified atom stereocenters. The van der Waals surface area contributed by atoms with Gasteiger partial charge >= 0.3 is 0 Å². The Hall–Kier alpha value is -2.66. The van der Waals surface area contributed by atoms with E-state index in [-0.39, 0.29) is 5.91 Å². The second-order valence-electron chi connectivity index (χ2n) is 4.17. The topological polar surface area (TPSA) is 73.7 Å². The third kappa shape index (κ3) is 3.66. The Morgan fingerprint density at radius 2 is 1.70 bits per heavy atom. The Kier molecular flexibility index (Phi) is 4.47. The van der Waals surface area contributed by atoms with Crippen LogP contribution >= 0.6 is 0 Å². The molecule has 0 atom stereocenters. The molecule has 5 nitrogen and oxygen atoms in total. The fourth-order valence-electron chi connectivity index (χ4n) is 1.70. The standard InChI is InChI=1S/C15H15N3O2/c1-11(19)16-14-9-7-12(8-10-14)15(18-20)17-13-5-3-2-4-6-13/h2-10,20H,1H3,(H,16,19)(H,17,18). The number of nitrogens with one attached hydrogen (secondary N) is 2. The van der Waals surface area contributed by atoms with Gasteiger partial charge < -0.3 is 5.32 Å². The average molecular weight is 269 g/mol. The number of hydrogen-bond donors (Lipinski definition) is 3. The minimum absolute atomic E-state index is 0.129.